The molecule has 1 unspecified atom stereocenters. The summed E-state index contributed by atoms with van der Waals surface area (Å²) >= 11 is 0. The smallest absolute Gasteiger partial charge is 0.0701 e. The van der Waals surface area contributed by atoms with E-state index in [9.17, 15) is 0 Å². The van der Waals surface area contributed by atoms with Crippen LogP contribution in [0.3, 0.4) is 0 Å². The molecule has 1 aliphatic rings. The minimum Gasteiger partial charge on any atom is -0.382 e. The van der Waals surface area contributed by atoms with Gasteiger partial charge in [0.25, 0.3) is 0 Å². The van der Waals surface area contributed by atoms with Crippen molar-refractivity contribution in [3.63, 3.8) is 0 Å². The second kappa shape index (κ2) is 12.4. The van der Waals surface area contributed by atoms with E-state index >= 15 is 0 Å². The highest BCUT2D eigenvalue weighted by atomic mass is 16.5. The van der Waals surface area contributed by atoms with Gasteiger partial charge in [-0.05, 0) is 31.8 Å². The largest absolute Gasteiger partial charge is 0.382 e. The molecule has 0 aromatic heterocycles. The molecular weight excluding hydrogens is 268 g/mol. The van der Waals surface area contributed by atoms with Crippen LogP contribution in [-0.2, 0) is 14.2 Å². The first kappa shape index (κ1) is 18.8. The summed E-state index contributed by atoms with van der Waals surface area (Å²) in [6.45, 7) is 12.5. The van der Waals surface area contributed by atoms with Crippen LogP contribution in [0.25, 0.3) is 0 Å². The third-order valence-corrected chi connectivity index (χ3v) is 3.67. The van der Waals surface area contributed by atoms with Crippen molar-refractivity contribution in [2.24, 2.45) is 5.92 Å². The first-order valence-corrected chi connectivity index (χ1v) is 8.32. The van der Waals surface area contributed by atoms with Crippen LogP contribution in [0.5, 0.6) is 0 Å². The molecule has 0 radical (unpaired) electrons. The molecule has 0 bridgehead atoms. The predicted molar refractivity (Wildman–Crippen MR) is 85.8 cm³/mol. The molecule has 0 amide bonds. The normalized spacial score (nSPS) is 20.9. The third kappa shape index (κ3) is 10.2. The van der Waals surface area contributed by atoms with E-state index in [1.165, 1.54) is 19.4 Å². The number of nitrogens with one attached hydrogen (secondary N) is 1. The number of ether oxygens (including phenoxy) is 3. The van der Waals surface area contributed by atoms with Crippen molar-refractivity contribution >= 4 is 0 Å². The fourth-order valence-corrected chi connectivity index (χ4v) is 2.66. The van der Waals surface area contributed by atoms with Gasteiger partial charge in [-0.15, -0.1) is 0 Å². The summed E-state index contributed by atoms with van der Waals surface area (Å²) in [7, 11) is 1.68. The second-order valence-corrected chi connectivity index (χ2v) is 6.15. The van der Waals surface area contributed by atoms with E-state index in [1.54, 1.807) is 7.11 Å². The van der Waals surface area contributed by atoms with Crippen molar-refractivity contribution in [2.75, 3.05) is 66.3 Å². The third-order valence-electron chi connectivity index (χ3n) is 3.67. The van der Waals surface area contributed by atoms with Crippen LogP contribution >= 0.6 is 0 Å². The summed E-state index contributed by atoms with van der Waals surface area (Å²) in [5.41, 5.74) is 0. The molecular formula is C16H34N2O3. The highest BCUT2D eigenvalue weighted by molar-refractivity contribution is 4.77. The van der Waals surface area contributed by atoms with E-state index in [-0.39, 0.29) is 0 Å². The van der Waals surface area contributed by atoms with Crippen LogP contribution in [0.4, 0.5) is 0 Å². The maximum Gasteiger partial charge on any atom is 0.0701 e. The summed E-state index contributed by atoms with van der Waals surface area (Å²) in [6.07, 6.45) is 2.49. The van der Waals surface area contributed by atoms with Crippen molar-refractivity contribution < 1.29 is 14.2 Å². The SMILES string of the molecule is COCCOCCOCCN1CCCNC(CC(C)C)C1. The number of hydrogen-bond donors (Lipinski definition) is 1. The lowest BCUT2D eigenvalue weighted by atomic mass is 10.0. The van der Waals surface area contributed by atoms with E-state index in [0.717, 1.165) is 32.2 Å². The van der Waals surface area contributed by atoms with Gasteiger partial charge in [-0.25, -0.2) is 0 Å². The van der Waals surface area contributed by atoms with Gasteiger partial charge in [0.1, 0.15) is 0 Å². The van der Waals surface area contributed by atoms with Gasteiger partial charge in [0.05, 0.1) is 33.0 Å². The average Bonchev–Trinajstić information content (AvgIpc) is 2.66. The minimum atomic E-state index is 0.630. The molecule has 0 aromatic rings. The number of hydrogen-bond acceptors (Lipinski definition) is 5. The highest BCUT2D eigenvalue weighted by Gasteiger charge is 2.18. The van der Waals surface area contributed by atoms with E-state index in [0.29, 0.717) is 32.5 Å². The van der Waals surface area contributed by atoms with Gasteiger partial charge < -0.3 is 19.5 Å². The molecule has 0 spiro atoms. The Labute approximate surface area is 130 Å². The van der Waals surface area contributed by atoms with Crippen molar-refractivity contribution in [3.8, 4) is 0 Å². The summed E-state index contributed by atoms with van der Waals surface area (Å²) in [5.74, 6) is 0.753. The monoisotopic (exact) mass is 302 g/mol. The standard InChI is InChI=1S/C16H34N2O3/c1-15(2)13-16-14-18(6-4-5-17-16)7-8-20-11-12-21-10-9-19-3/h15-17H,4-14H2,1-3H3. The Hall–Kier alpha value is -0.200. The molecule has 1 heterocycles. The zero-order valence-electron chi connectivity index (χ0n) is 14.1. The number of methoxy groups -OCH3 is 1. The van der Waals surface area contributed by atoms with Crippen LogP contribution in [0.15, 0.2) is 0 Å². The predicted octanol–water partition coefficient (Wildman–Crippen LogP) is 1.38. The van der Waals surface area contributed by atoms with Gasteiger partial charge in [-0.2, -0.15) is 0 Å². The van der Waals surface area contributed by atoms with Gasteiger partial charge in [0.2, 0.25) is 0 Å². The molecule has 0 aromatic carbocycles. The topological polar surface area (TPSA) is 43.0 Å². The Balaban J connectivity index is 2.04. The molecule has 21 heavy (non-hydrogen) atoms. The molecule has 5 nitrogen and oxygen atoms in total. The maximum atomic E-state index is 5.65. The van der Waals surface area contributed by atoms with E-state index in [2.05, 4.69) is 24.1 Å². The molecule has 5 heteroatoms. The Morgan fingerprint density at radius 1 is 1.10 bits per heavy atom. The van der Waals surface area contributed by atoms with Crippen LogP contribution < -0.4 is 5.32 Å². The molecule has 0 saturated carbocycles. The van der Waals surface area contributed by atoms with Gasteiger partial charge >= 0.3 is 0 Å². The molecule has 1 saturated heterocycles. The van der Waals surface area contributed by atoms with Gasteiger partial charge in [0.15, 0.2) is 0 Å². The Morgan fingerprint density at radius 3 is 2.52 bits per heavy atom. The lowest BCUT2D eigenvalue weighted by Crippen LogP contribution is -2.39. The summed E-state index contributed by atoms with van der Waals surface area (Å²) in [5, 5.41) is 3.66. The summed E-state index contributed by atoms with van der Waals surface area (Å²) in [4.78, 5) is 2.53. The molecule has 0 aliphatic carbocycles. The summed E-state index contributed by atoms with van der Waals surface area (Å²) < 4.78 is 15.9. The highest BCUT2D eigenvalue weighted by Crippen LogP contribution is 2.09. The zero-order chi connectivity index (χ0) is 15.3. The van der Waals surface area contributed by atoms with Crippen LogP contribution in [-0.4, -0.2) is 77.3 Å². The Bertz CT molecular complexity index is 240. The first-order chi connectivity index (χ1) is 10.2. The van der Waals surface area contributed by atoms with Crippen LogP contribution in [0.2, 0.25) is 0 Å². The van der Waals surface area contributed by atoms with Gasteiger partial charge in [0, 0.05) is 26.2 Å². The quantitative estimate of drug-likeness (QED) is 0.584. The van der Waals surface area contributed by atoms with Crippen LogP contribution in [0, 0.1) is 5.92 Å². The van der Waals surface area contributed by atoms with E-state index in [4.69, 9.17) is 14.2 Å². The average molecular weight is 302 g/mol. The summed E-state index contributed by atoms with van der Waals surface area (Å²) in [6, 6.07) is 0.630. The number of nitrogens with zero attached hydrogens (tertiary/aromatic N) is 1. The fraction of sp³-hybridized carbons (Fsp3) is 1.00. The Morgan fingerprint density at radius 2 is 1.81 bits per heavy atom. The van der Waals surface area contributed by atoms with E-state index < -0.39 is 0 Å². The molecule has 1 N–H and O–H groups in total. The molecule has 1 atom stereocenters. The van der Waals surface area contributed by atoms with E-state index in [1.807, 2.05) is 0 Å². The first-order valence-electron chi connectivity index (χ1n) is 8.32. The van der Waals surface area contributed by atoms with Crippen LogP contribution in [0.1, 0.15) is 26.7 Å². The van der Waals surface area contributed by atoms with Gasteiger partial charge in [-0.1, -0.05) is 13.8 Å². The minimum absolute atomic E-state index is 0.630. The van der Waals surface area contributed by atoms with Crippen molar-refractivity contribution in [3.05, 3.63) is 0 Å². The lowest BCUT2D eigenvalue weighted by molar-refractivity contribution is 0.0193. The molecule has 1 rings (SSSR count). The lowest BCUT2D eigenvalue weighted by Gasteiger charge is -2.25. The Kier molecular flexibility index (Phi) is 11.1. The fourth-order valence-electron chi connectivity index (χ4n) is 2.66. The van der Waals surface area contributed by atoms with Crippen molar-refractivity contribution in [1.82, 2.24) is 10.2 Å². The molecule has 1 fully saturated rings. The zero-order valence-corrected chi connectivity index (χ0v) is 14.1. The van der Waals surface area contributed by atoms with Crippen molar-refractivity contribution in [1.29, 1.82) is 0 Å². The molecule has 1 aliphatic heterocycles. The van der Waals surface area contributed by atoms with Crippen molar-refractivity contribution in [2.45, 2.75) is 32.7 Å². The number of rotatable bonds is 11. The second-order valence-electron chi connectivity index (χ2n) is 6.15. The maximum absolute atomic E-state index is 5.65. The molecule has 126 valence electrons. The van der Waals surface area contributed by atoms with Gasteiger partial charge in [-0.3, -0.25) is 4.90 Å².